The number of fused-ring (bicyclic) bond motifs is 5. The summed E-state index contributed by atoms with van der Waals surface area (Å²) in [7, 11) is 0. The summed E-state index contributed by atoms with van der Waals surface area (Å²) in [5.74, 6) is 1.30. The molecule has 0 aromatic rings. The minimum absolute atomic E-state index is 0.00369. The predicted octanol–water partition coefficient (Wildman–Crippen LogP) is 7.39. The summed E-state index contributed by atoms with van der Waals surface area (Å²) in [5.41, 5.74) is 1.43. The molecule has 6 nitrogen and oxygen atoms in total. The molecule has 0 aromatic heterocycles. The summed E-state index contributed by atoms with van der Waals surface area (Å²) in [6.07, 6.45) is 15.2. The van der Waals surface area contributed by atoms with Gasteiger partial charge in [0, 0.05) is 12.8 Å². The highest BCUT2D eigenvalue weighted by Gasteiger charge is 2.62. The zero-order valence-electron chi connectivity index (χ0n) is 24.6. The van der Waals surface area contributed by atoms with Gasteiger partial charge in [0.05, 0.1) is 5.92 Å². The fraction of sp³-hybridized carbons (Fsp3) is 0.906. The number of rotatable bonds is 10. The Morgan fingerprint density at radius 2 is 1.47 bits per heavy atom. The minimum atomic E-state index is -0.936. The van der Waals surface area contributed by atoms with Gasteiger partial charge in [-0.1, -0.05) is 47.5 Å². The molecule has 1 N–H and O–H groups in total. The van der Waals surface area contributed by atoms with E-state index in [2.05, 4.69) is 27.7 Å². The van der Waals surface area contributed by atoms with Crippen LogP contribution in [0, 0.1) is 51.8 Å². The van der Waals surface area contributed by atoms with E-state index in [1.54, 1.807) is 6.92 Å². The molecule has 0 radical (unpaired) electrons. The van der Waals surface area contributed by atoms with E-state index in [1.165, 1.54) is 64.2 Å². The van der Waals surface area contributed by atoms with Crippen LogP contribution in [0.3, 0.4) is 0 Å². The number of carboxylic acid groups (broad SMARTS) is 1. The summed E-state index contributed by atoms with van der Waals surface area (Å²) in [6.45, 7) is 11.3. The first-order chi connectivity index (χ1) is 17.9. The second-order valence-electron chi connectivity index (χ2n) is 14.3. The van der Waals surface area contributed by atoms with Crippen LogP contribution in [-0.2, 0) is 23.9 Å². The number of ether oxygens (including phenoxy) is 2. The second kappa shape index (κ2) is 11.5. The predicted molar refractivity (Wildman–Crippen MR) is 146 cm³/mol. The molecule has 8 unspecified atom stereocenters. The van der Waals surface area contributed by atoms with Gasteiger partial charge in [-0.25, -0.2) is 0 Å². The van der Waals surface area contributed by atoms with E-state index in [4.69, 9.17) is 14.6 Å². The van der Waals surface area contributed by atoms with Gasteiger partial charge in [0.2, 0.25) is 6.79 Å². The van der Waals surface area contributed by atoms with Crippen molar-refractivity contribution < 1.29 is 29.0 Å². The van der Waals surface area contributed by atoms with E-state index >= 15 is 0 Å². The van der Waals surface area contributed by atoms with Crippen molar-refractivity contribution in [2.24, 2.45) is 51.8 Å². The van der Waals surface area contributed by atoms with Gasteiger partial charge in [-0.15, -0.1) is 0 Å². The smallest absolute Gasteiger partial charge is 0.308 e. The van der Waals surface area contributed by atoms with Crippen LogP contribution in [0.2, 0.25) is 0 Å². The van der Waals surface area contributed by atoms with E-state index in [0.29, 0.717) is 34.5 Å². The Bertz CT molecular complexity index is 885. The van der Waals surface area contributed by atoms with Crippen molar-refractivity contribution in [3.8, 4) is 0 Å². The van der Waals surface area contributed by atoms with Gasteiger partial charge >= 0.3 is 17.9 Å². The Hall–Kier alpha value is -1.59. The van der Waals surface area contributed by atoms with Crippen molar-refractivity contribution in [1.82, 2.24) is 0 Å². The summed E-state index contributed by atoms with van der Waals surface area (Å²) in [6, 6.07) is 0. The lowest BCUT2D eigenvalue weighted by Gasteiger charge is -2.65. The fourth-order valence-electron chi connectivity index (χ4n) is 9.89. The standard InChI is InChI=1S/C32H52O6/c1-21(8-12-27(33)37-20-38-28(34)13-9-22(2)29(35)36)24-10-11-25-23-14-18-30(3)16-6-7-17-32(30,5)26(23)15-19-31(24,25)4/h21-26H,6-20H2,1-5H3,(H,35,36)/t21-,22?,23?,24?,25?,26?,30?,31?,32?/m1/s1. The monoisotopic (exact) mass is 532 g/mol. The molecule has 4 saturated carbocycles. The highest BCUT2D eigenvalue weighted by Crippen LogP contribution is 2.71. The molecule has 216 valence electrons. The van der Waals surface area contributed by atoms with Crippen molar-refractivity contribution in [3.63, 3.8) is 0 Å². The van der Waals surface area contributed by atoms with Crippen LogP contribution < -0.4 is 0 Å². The van der Waals surface area contributed by atoms with Crippen molar-refractivity contribution in [3.05, 3.63) is 0 Å². The number of carbonyl (C=O) groups excluding carboxylic acids is 2. The lowest BCUT2D eigenvalue weighted by atomic mass is 9.40. The SMILES string of the molecule is CC(CCC(=O)OCOC(=O)CC[C@@H](C)C1CCC2C3CCC4(C)CCCCC4(C)C3CCC21C)C(=O)O. The van der Waals surface area contributed by atoms with Crippen LogP contribution in [-0.4, -0.2) is 29.8 Å². The molecule has 4 aliphatic carbocycles. The molecule has 4 aliphatic rings. The molecule has 4 rings (SSSR count). The summed E-state index contributed by atoms with van der Waals surface area (Å²) in [4.78, 5) is 35.0. The zero-order valence-corrected chi connectivity index (χ0v) is 24.6. The maximum atomic E-state index is 12.4. The maximum Gasteiger partial charge on any atom is 0.308 e. The molecule has 9 atom stereocenters. The first-order valence-electron chi connectivity index (χ1n) is 15.5. The number of carboxylic acids is 1. The Morgan fingerprint density at radius 3 is 2.16 bits per heavy atom. The van der Waals surface area contributed by atoms with E-state index in [9.17, 15) is 14.4 Å². The Kier molecular flexibility index (Phi) is 8.89. The van der Waals surface area contributed by atoms with Gasteiger partial charge in [0.15, 0.2) is 0 Å². The fourth-order valence-corrected chi connectivity index (χ4v) is 9.89. The number of aliphatic carboxylic acids is 1. The van der Waals surface area contributed by atoms with Gasteiger partial charge < -0.3 is 14.6 Å². The summed E-state index contributed by atoms with van der Waals surface area (Å²) >= 11 is 0. The normalized spacial score (nSPS) is 39.7. The topological polar surface area (TPSA) is 89.9 Å². The highest BCUT2D eigenvalue weighted by atomic mass is 16.7. The first kappa shape index (κ1) is 29.4. The number of carbonyl (C=O) groups is 3. The summed E-state index contributed by atoms with van der Waals surface area (Å²) in [5, 5.41) is 8.90. The van der Waals surface area contributed by atoms with Crippen LogP contribution in [0.1, 0.15) is 125 Å². The first-order valence-corrected chi connectivity index (χ1v) is 15.5. The Labute approximate surface area is 230 Å². The zero-order chi connectivity index (χ0) is 27.7. The average Bonchev–Trinajstić information content (AvgIpc) is 3.23. The van der Waals surface area contributed by atoms with Gasteiger partial charge in [-0.2, -0.15) is 0 Å². The molecule has 0 spiro atoms. The van der Waals surface area contributed by atoms with Crippen LogP contribution in [0.4, 0.5) is 0 Å². The third-order valence-corrected chi connectivity index (χ3v) is 12.5. The highest BCUT2D eigenvalue weighted by molar-refractivity contribution is 5.73. The van der Waals surface area contributed by atoms with Gasteiger partial charge in [-0.3, -0.25) is 14.4 Å². The quantitative estimate of drug-likeness (QED) is 0.233. The van der Waals surface area contributed by atoms with Crippen molar-refractivity contribution in [2.75, 3.05) is 6.79 Å². The minimum Gasteiger partial charge on any atom is -0.481 e. The molecule has 0 bridgehead atoms. The lowest BCUT2D eigenvalue weighted by Crippen LogP contribution is -2.56. The van der Waals surface area contributed by atoms with Crippen LogP contribution in [0.15, 0.2) is 0 Å². The van der Waals surface area contributed by atoms with E-state index in [0.717, 1.165) is 24.2 Å². The summed E-state index contributed by atoms with van der Waals surface area (Å²) < 4.78 is 10.1. The van der Waals surface area contributed by atoms with Crippen molar-refractivity contribution in [1.29, 1.82) is 0 Å². The molecule has 0 saturated heterocycles. The molecular weight excluding hydrogens is 480 g/mol. The molecule has 0 aromatic carbocycles. The van der Waals surface area contributed by atoms with Gasteiger partial charge in [-0.05, 0) is 110 Å². The average molecular weight is 533 g/mol. The third kappa shape index (κ3) is 5.52. The molecule has 6 heteroatoms. The molecular formula is C32H52O6. The number of esters is 2. The van der Waals surface area contributed by atoms with Crippen LogP contribution >= 0.6 is 0 Å². The second-order valence-corrected chi connectivity index (χ2v) is 14.3. The molecule has 38 heavy (non-hydrogen) atoms. The number of hydrogen-bond donors (Lipinski definition) is 1. The molecule has 0 aliphatic heterocycles. The largest absolute Gasteiger partial charge is 0.481 e. The molecule has 0 amide bonds. The van der Waals surface area contributed by atoms with Crippen LogP contribution in [0.5, 0.6) is 0 Å². The van der Waals surface area contributed by atoms with E-state index in [-0.39, 0.29) is 18.8 Å². The van der Waals surface area contributed by atoms with E-state index < -0.39 is 24.6 Å². The van der Waals surface area contributed by atoms with Crippen LogP contribution in [0.25, 0.3) is 0 Å². The van der Waals surface area contributed by atoms with E-state index in [1.807, 2.05) is 0 Å². The van der Waals surface area contributed by atoms with Crippen molar-refractivity contribution in [2.45, 2.75) is 125 Å². The lowest BCUT2D eigenvalue weighted by molar-refractivity contribution is -0.167. The number of hydrogen-bond acceptors (Lipinski definition) is 5. The van der Waals surface area contributed by atoms with Gasteiger partial charge in [0.25, 0.3) is 0 Å². The molecule has 0 heterocycles. The Balaban J connectivity index is 1.24. The van der Waals surface area contributed by atoms with Gasteiger partial charge in [0.1, 0.15) is 0 Å². The third-order valence-electron chi connectivity index (χ3n) is 12.5. The Morgan fingerprint density at radius 1 is 0.816 bits per heavy atom. The molecule has 4 fully saturated rings. The maximum absolute atomic E-state index is 12.4. The van der Waals surface area contributed by atoms with Crippen molar-refractivity contribution >= 4 is 17.9 Å².